The lowest BCUT2D eigenvalue weighted by Crippen LogP contribution is -2.06. The molecule has 0 spiro atoms. The van der Waals surface area contributed by atoms with E-state index in [1.54, 1.807) is 36.4 Å². The van der Waals surface area contributed by atoms with Gasteiger partial charge in [0.2, 0.25) is 0 Å². The topological polar surface area (TPSA) is 55.7 Å². The molecular weight excluding hydrogens is 322 g/mol. The minimum atomic E-state index is -3.71. The number of hydrogen-bond donors (Lipinski definition) is 0. The van der Waals surface area contributed by atoms with E-state index in [2.05, 4.69) is 4.40 Å². The van der Waals surface area contributed by atoms with Crippen LogP contribution < -0.4 is 4.74 Å². The maximum atomic E-state index is 12.0. The van der Waals surface area contributed by atoms with Crippen molar-refractivity contribution >= 4 is 27.8 Å². The maximum Gasteiger partial charge on any atom is 0.282 e. The Balaban J connectivity index is 2.22. The van der Waals surface area contributed by atoms with Gasteiger partial charge in [-0.15, -0.1) is 0 Å². The Bertz CT molecular complexity index is 771. The Labute approximate surface area is 135 Å². The van der Waals surface area contributed by atoms with Crippen molar-refractivity contribution in [3.8, 4) is 5.75 Å². The Morgan fingerprint density at radius 2 is 1.82 bits per heavy atom. The van der Waals surface area contributed by atoms with Gasteiger partial charge in [0.15, 0.2) is 0 Å². The largest absolute Gasteiger partial charge is 0.489 e. The summed E-state index contributed by atoms with van der Waals surface area (Å²) in [5, 5.41) is 0.412. The molecule has 0 bridgehead atoms. The molecule has 22 heavy (non-hydrogen) atoms. The normalized spacial score (nSPS) is 12.0. The van der Waals surface area contributed by atoms with Crippen molar-refractivity contribution < 1.29 is 13.2 Å². The van der Waals surface area contributed by atoms with Gasteiger partial charge in [0, 0.05) is 6.21 Å². The van der Waals surface area contributed by atoms with Gasteiger partial charge in [0.25, 0.3) is 10.0 Å². The minimum absolute atomic E-state index is 0.00970. The standard InChI is InChI=1S/C16H16ClNO3S/c1-12(2)21-16-9-8-13(10-15(16)17)11-18-22(19,20)14-6-4-3-5-7-14/h3-12H,1-2H3/b18-11-. The predicted molar refractivity (Wildman–Crippen MR) is 88.4 cm³/mol. The SMILES string of the molecule is CC(C)Oc1ccc(/C=N\S(=O)(=O)c2ccccc2)cc1Cl. The number of ether oxygens (including phenoxy) is 1. The van der Waals surface area contributed by atoms with Gasteiger partial charge in [-0.3, -0.25) is 0 Å². The molecule has 0 unspecified atom stereocenters. The van der Waals surface area contributed by atoms with Crippen LogP contribution in [0.25, 0.3) is 0 Å². The van der Waals surface area contributed by atoms with Gasteiger partial charge in [0.05, 0.1) is 16.0 Å². The summed E-state index contributed by atoms with van der Waals surface area (Å²) >= 11 is 6.10. The monoisotopic (exact) mass is 337 g/mol. The van der Waals surface area contributed by atoms with E-state index in [0.717, 1.165) is 0 Å². The van der Waals surface area contributed by atoms with E-state index >= 15 is 0 Å². The fraction of sp³-hybridized carbons (Fsp3) is 0.188. The van der Waals surface area contributed by atoms with Crippen LogP contribution in [-0.4, -0.2) is 20.7 Å². The fourth-order valence-corrected chi connectivity index (χ4v) is 2.85. The van der Waals surface area contributed by atoms with Gasteiger partial charge in [-0.05, 0) is 49.7 Å². The zero-order chi connectivity index (χ0) is 16.2. The van der Waals surface area contributed by atoms with Crippen LogP contribution in [0.4, 0.5) is 0 Å². The fourth-order valence-electron chi connectivity index (χ4n) is 1.73. The molecule has 6 heteroatoms. The molecule has 4 nitrogen and oxygen atoms in total. The summed E-state index contributed by atoms with van der Waals surface area (Å²) in [6, 6.07) is 13.1. The molecule has 2 aromatic rings. The Morgan fingerprint density at radius 1 is 1.14 bits per heavy atom. The molecule has 0 amide bonds. The van der Waals surface area contributed by atoms with Crippen molar-refractivity contribution in [2.75, 3.05) is 0 Å². The van der Waals surface area contributed by atoms with Crippen molar-refractivity contribution in [1.82, 2.24) is 0 Å². The predicted octanol–water partition coefficient (Wildman–Crippen LogP) is 3.94. The molecule has 0 atom stereocenters. The molecule has 0 aliphatic rings. The summed E-state index contributed by atoms with van der Waals surface area (Å²) in [6.07, 6.45) is 1.28. The van der Waals surface area contributed by atoms with Gasteiger partial charge in [-0.25, -0.2) is 0 Å². The van der Waals surface area contributed by atoms with E-state index < -0.39 is 10.0 Å². The molecular formula is C16H16ClNO3S. The molecule has 0 N–H and O–H groups in total. The number of nitrogens with zero attached hydrogens (tertiary/aromatic N) is 1. The van der Waals surface area contributed by atoms with Gasteiger partial charge in [-0.2, -0.15) is 12.8 Å². The highest BCUT2D eigenvalue weighted by Crippen LogP contribution is 2.26. The summed E-state index contributed by atoms with van der Waals surface area (Å²) in [5.74, 6) is 0.555. The van der Waals surface area contributed by atoms with E-state index in [1.165, 1.54) is 18.3 Å². The van der Waals surface area contributed by atoms with Gasteiger partial charge >= 0.3 is 0 Å². The molecule has 0 saturated heterocycles. The Hall–Kier alpha value is -1.85. The molecule has 0 aromatic heterocycles. The van der Waals surface area contributed by atoms with E-state index in [-0.39, 0.29) is 11.0 Å². The third-order valence-corrected chi connectivity index (χ3v) is 4.25. The second-order valence-electron chi connectivity index (χ2n) is 4.88. The van der Waals surface area contributed by atoms with Crippen molar-refractivity contribution in [3.63, 3.8) is 0 Å². The molecule has 0 heterocycles. The van der Waals surface area contributed by atoms with Gasteiger partial charge in [-0.1, -0.05) is 29.8 Å². The quantitative estimate of drug-likeness (QED) is 0.776. The van der Waals surface area contributed by atoms with Crippen molar-refractivity contribution in [1.29, 1.82) is 0 Å². The number of benzene rings is 2. The van der Waals surface area contributed by atoms with Crippen molar-refractivity contribution in [3.05, 3.63) is 59.1 Å². The Morgan fingerprint density at radius 3 is 2.41 bits per heavy atom. The summed E-state index contributed by atoms with van der Waals surface area (Å²) in [5.41, 5.74) is 0.584. The highest BCUT2D eigenvalue weighted by atomic mass is 35.5. The van der Waals surface area contributed by atoms with Crippen LogP contribution in [0.2, 0.25) is 5.02 Å². The van der Waals surface area contributed by atoms with Crippen LogP contribution in [-0.2, 0) is 10.0 Å². The molecule has 0 saturated carbocycles. The average molecular weight is 338 g/mol. The third-order valence-electron chi connectivity index (χ3n) is 2.70. The summed E-state index contributed by atoms with van der Waals surface area (Å²) in [6.45, 7) is 3.80. The second-order valence-corrected chi connectivity index (χ2v) is 6.92. The summed E-state index contributed by atoms with van der Waals surface area (Å²) in [4.78, 5) is 0.150. The minimum Gasteiger partial charge on any atom is -0.489 e. The number of sulfonamides is 1. The van der Waals surface area contributed by atoms with Crippen LogP contribution in [0, 0.1) is 0 Å². The molecule has 0 radical (unpaired) electrons. The first kappa shape index (κ1) is 16.5. The number of halogens is 1. The molecule has 0 aliphatic carbocycles. The second kappa shape index (κ2) is 6.94. The van der Waals surface area contributed by atoms with Crippen LogP contribution in [0.1, 0.15) is 19.4 Å². The zero-order valence-corrected chi connectivity index (χ0v) is 13.8. The van der Waals surface area contributed by atoms with E-state index in [9.17, 15) is 8.42 Å². The maximum absolute atomic E-state index is 12.0. The molecule has 116 valence electrons. The van der Waals surface area contributed by atoms with E-state index in [1.807, 2.05) is 13.8 Å². The summed E-state index contributed by atoms with van der Waals surface area (Å²) in [7, 11) is -3.71. The van der Waals surface area contributed by atoms with Crippen LogP contribution >= 0.6 is 11.6 Å². The Kier molecular flexibility index (Phi) is 5.21. The first-order valence-electron chi connectivity index (χ1n) is 6.70. The van der Waals surface area contributed by atoms with Gasteiger partial charge in [0.1, 0.15) is 5.75 Å². The number of rotatable bonds is 5. The lowest BCUT2D eigenvalue weighted by atomic mass is 10.2. The third kappa shape index (κ3) is 4.32. The van der Waals surface area contributed by atoms with Crippen molar-refractivity contribution in [2.45, 2.75) is 24.8 Å². The highest BCUT2D eigenvalue weighted by molar-refractivity contribution is 7.90. The first-order valence-corrected chi connectivity index (χ1v) is 8.52. The smallest absolute Gasteiger partial charge is 0.282 e. The molecule has 0 fully saturated rings. The van der Waals surface area contributed by atoms with Crippen LogP contribution in [0.15, 0.2) is 57.8 Å². The lowest BCUT2D eigenvalue weighted by Gasteiger charge is -2.11. The average Bonchev–Trinajstić information content (AvgIpc) is 2.48. The summed E-state index contributed by atoms with van der Waals surface area (Å²) < 4.78 is 33.3. The highest BCUT2D eigenvalue weighted by Gasteiger charge is 2.10. The van der Waals surface area contributed by atoms with Gasteiger partial charge < -0.3 is 4.74 Å². The molecule has 2 rings (SSSR count). The van der Waals surface area contributed by atoms with E-state index in [0.29, 0.717) is 16.3 Å². The van der Waals surface area contributed by atoms with Crippen LogP contribution in [0.3, 0.4) is 0 Å². The lowest BCUT2D eigenvalue weighted by molar-refractivity contribution is 0.242. The molecule has 2 aromatic carbocycles. The number of hydrogen-bond acceptors (Lipinski definition) is 3. The van der Waals surface area contributed by atoms with Crippen LogP contribution in [0.5, 0.6) is 5.75 Å². The zero-order valence-electron chi connectivity index (χ0n) is 12.2. The molecule has 0 aliphatic heterocycles. The first-order chi connectivity index (χ1) is 10.4. The van der Waals surface area contributed by atoms with Crippen molar-refractivity contribution in [2.24, 2.45) is 4.40 Å². The van der Waals surface area contributed by atoms with E-state index in [4.69, 9.17) is 16.3 Å².